The van der Waals surface area contributed by atoms with E-state index in [1.54, 1.807) is 42.5 Å². The first-order chi connectivity index (χ1) is 12.6. The SMILES string of the molecule is C[C@H](C(=O)Nc1ccc(Cl)cc1C(=O)c1ccccc1)N1CCOCC1. The molecule has 1 saturated heterocycles. The van der Waals surface area contributed by atoms with Crippen LogP contribution in [-0.4, -0.2) is 48.9 Å². The van der Waals surface area contributed by atoms with Crippen LogP contribution in [0.25, 0.3) is 0 Å². The molecule has 3 rings (SSSR count). The predicted octanol–water partition coefficient (Wildman–Crippen LogP) is 3.23. The van der Waals surface area contributed by atoms with Crippen molar-refractivity contribution in [2.75, 3.05) is 31.6 Å². The average molecular weight is 373 g/mol. The van der Waals surface area contributed by atoms with Gasteiger partial charge in [0.15, 0.2) is 5.78 Å². The summed E-state index contributed by atoms with van der Waals surface area (Å²) in [5.41, 5.74) is 1.39. The van der Waals surface area contributed by atoms with Gasteiger partial charge in [0.05, 0.1) is 24.9 Å². The predicted molar refractivity (Wildman–Crippen MR) is 102 cm³/mol. The first-order valence-corrected chi connectivity index (χ1v) is 8.96. The normalized spacial score (nSPS) is 16.1. The molecule has 0 radical (unpaired) electrons. The lowest BCUT2D eigenvalue weighted by Crippen LogP contribution is -2.47. The van der Waals surface area contributed by atoms with E-state index in [9.17, 15) is 9.59 Å². The summed E-state index contributed by atoms with van der Waals surface area (Å²) in [5.74, 6) is -0.334. The standard InChI is InChI=1S/C20H21ClN2O3/c1-14(23-9-11-26-12-10-23)20(25)22-18-8-7-16(21)13-17(18)19(24)15-5-3-2-4-6-15/h2-8,13-14H,9-12H2,1H3,(H,22,25)/t14-/m1/s1. The van der Waals surface area contributed by atoms with Crippen molar-refractivity contribution in [3.63, 3.8) is 0 Å². The number of morpholine rings is 1. The Bertz CT molecular complexity index is 789. The highest BCUT2D eigenvalue weighted by atomic mass is 35.5. The number of nitrogens with zero attached hydrogens (tertiary/aromatic N) is 1. The van der Waals surface area contributed by atoms with Crippen molar-refractivity contribution in [2.45, 2.75) is 13.0 Å². The minimum atomic E-state index is -0.311. The summed E-state index contributed by atoms with van der Waals surface area (Å²) >= 11 is 6.08. The quantitative estimate of drug-likeness (QED) is 0.819. The van der Waals surface area contributed by atoms with Gasteiger partial charge in [-0.05, 0) is 25.1 Å². The molecule has 6 heteroatoms. The Morgan fingerprint density at radius 1 is 1.12 bits per heavy atom. The highest BCUT2D eigenvalue weighted by Gasteiger charge is 2.24. The molecular weight excluding hydrogens is 352 g/mol. The largest absolute Gasteiger partial charge is 0.379 e. The maximum absolute atomic E-state index is 12.8. The van der Waals surface area contributed by atoms with Crippen molar-refractivity contribution < 1.29 is 14.3 Å². The summed E-state index contributed by atoms with van der Waals surface area (Å²) in [6.07, 6.45) is 0. The lowest BCUT2D eigenvalue weighted by molar-refractivity contribution is -0.122. The maximum Gasteiger partial charge on any atom is 0.241 e. The van der Waals surface area contributed by atoms with E-state index in [4.69, 9.17) is 16.3 Å². The summed E-state index contributed by atoms with van der Waals surface area (Å²) in [5, 5.41) is 3.33. The van der Waals surface area contributed by atoms with Crippen LogP contribution in [0.15, 0.2) is 48.5 Å². The van der Waals surface area contributed by atoms with Crippen molar-refractivity contribution in [3.8, 4) is 0 Å². The number of ether oxygens (including phenoxy) is 1. The van der Waals surface area contributed by atoms with Gasteiger partial charge in [-0.3, -0.25) is 14.5 Å². The monoisotopic (exact) mass is 372 g/mol. The molecule has 1 N–H and O–H groups in total. The Hall–Kier alpha value is -2.21. The second-order valence-corrected chi connectivity index (χ2v) is 6.64. The highest BCUT2D eigenvalue weighted by molar-refractivity contribution is 6.31. The number of benzene rings is 2. The average Bonchev–Trinajstić information content (AvgIpc) is 2.69. The number of rotatable bonds is 5. The van der Waals surface area contributed by atoms with E-state index in [1.807, 2.05) is 13.0 Å². The minimum Gasteiger partial charge on any atom is -0.379 e. The number of nitrogens with one attached hydrogen (secondary N) is 1. The molecule has 0 unspecified atom stereocenters. The van der Waals surface area contributed by atoms with Gasteiger partial charge in [0.25, 0.3) is 0 Å². The van der Waals surface area contributed by atoms with Crippen LogP contribution in [0.2, 0.25) is 5.02 Å². The van der Waals surface area contributed by atoms with Crippen LogP contribution in [0.1, 0.15) is 22.8 Å². The van der Waals surface area contributed by atoms with Crippen molar-refractivity contribution in [2.24, 2.45) is 0 Å². The zero-order valence-electron chi connectivity index (χ0n) is 14.6. The van der Waals surface area contributed by atoms with Crippen LogP contribution in [0.3, 0.4) is 0 Å². The first kappa shape index (κ1) is 18.6. The number of carbonyl (C=O) groups excluding carboxylic acids is 2. The Morgan fingerprint density at radius 3 is 2.50 bits per heavy atom. The fraction of sp³-hybridized carbons (Fsp3) is 0.300. The zero-order chi connectivity index (χ0) is 18.5. The number of halogens is 1. The number of anilines is 1. The minimum absolute atomic E-state index is 0.156. The molecule has 26 heavy (non-hydrogen) atoms. The molecule has 1 heterocycles. The highest BCUT2D eigenvalue weighted by Crippen LogP contribution is 2.24. The van der Waals surface area contributed by atoms with Gasteiger partial charge in [0.2, 0.25) is 5.91 Å². The lowest BCUT2D eigenvalue weighted by atomic mass is 10.0. The van der Waals surface area contributed by atoms with Crippen LogP contribution in [0.4, 0.5) is 5.69 Å². The second-order valence-electron chi connectivity index (χ2n) is 6.20. The Kier molecular flexibility index (Phi) is 6.04. The van der Waals surface area contributed by atoms with Crippen molar-refractivity contribution in [1.82, 2.24) is 4.90 Å². The van der Waals surface area contributed by atoms with Gasteiger partial charge in [-0.1, -0.05) is 41.9 Å². The molecule has 0 aliphatic carbocycles. The topological polar surface area (TPSA) is 58.6 Å². The van der Waals surface area contributed by atoms with E-state index in [1.165, 1.54) is 0 Å². The number of hydrogen-bond acceptors (Lipinski definition) is 4. The second kappa shape index (κ2) is 8.45. The molecule has 1 fully saturated rings. The summed E-state index contributed by atoms with van der Waals surface area (Å²) < 4.78 is 5.33. The molecule has 0 bridgehead atoms. The van der Waals surface area contributed by atoms with Gasteiger partial charge in [-0.2, -0.15) is 0 Å². The zero-order valence-corrected chi connectivity index (χ0v) is 15.3. The van der Waals surface area contributed by atoms with Crippen molar-refractivity contribution >= 4 is 29.0 Å². The molecule has 1 amide bonds. The van der Waals surface area contributed by atoms with Gasteiger partial charge >= 0.3 is 0 Å². The lowest BCUT2D eigenvalue weighted by Gasteiger charge is -2.31. The third-order valence-electron chi connectivity index (χ3n) is 4.49. The van der Waals surface area contributed by atoms with E-state index in [0.717, 1.165) is 0 Å². The molecule has 0 spiro atoms. The summed E-state index contributed by atoms with van der Waals surface area (Å²) in [6.45, 7) is 4.53. The fourth-order valence-corrected chi connectivity index (χ4v) is 3.10. The molecule has 136 valence electrons. The molecule has 1 atom stereocenters. The van der Waals surface area contributed by atoms with Gasteiger partial charge in [-0.15, -0.1) is 0 Å². The number of amides is 1. The van der Waals surface area contributed by atoms with Gasteiger partial charge < -0.3 is 10.1 Å². The third-order valence-corrected chi connectivity index (χ3v) is 4.73. The summed E-state index contributed by atoms with van der Waals surface area (Å²) in [4.78, 5) is 27.6. The Balaban J connectivity index is 1.81. The first-order valence-electron chi connectivity index (χ1n) is 8.58. The summed E-state index contributed by atoms with van der Waals surface area (Å²) in [7, 11) is 0. The fourth-order valence-electron chi connectivity index (χ4n) is 2.93. The molecule has 1 aliphatic rings. The molecule has 5 nitrogen and oxygen atoms in total. The molecule has 2 aromatic rings. The third kappa shape index (κ3) is 4.30. The Labute approximate surface area is 157 Å². The van der Waals surface area contributed by atoms with Gasteiger partial charge in [0.1, 0.15) is 0 Å². The van der Waals surface area contributed by atoms with Gasteiger partial charge in [0, 0.05) is 29.2 Å². The van der Waals surface area contributed by atoms with Crippen LogP contribution in [0.5, 0.6) is 0 Å². The van der Waals surface area contributed by atoms with Crippen LogP contribution in [-0.2, 0) is 9.53 Å². The molecule has 0 saturated carbocycles. The van der Waals surface area contributed by atoms with Crippen molar-refractivity contribution in [3.05, 3.63) is 64.7 Å². The molecule has 1 aliphatic heterocycles. The van der Waals surface area contributed by atoms with E-state index in [0.29, 0.717) is 48.1 Å². The number of ketones is 1. The van der Waals surface area contributed by atoms with Crippen LogP contribution in [0, 0.1) is 0 Å². The molecule has 0 aromatic heterocycles. The van der Waals surface area contributed by atoms with Crippen LogP contribution >= 0.6 is 11.6 Å². The summed E-state index contributed by atoms with van der Waals surface area (Å²) in [6, 6.07) is 13.5. The van der Waals surface area contributed by atoms with Crippen molar-refractivity contribution in [1.29, 1.82) is 0 Å². The smallest absolute Gasteiger partial charge is 0.241 e. The number of hydrogen-bond donors (Lipinski definition) is 1. The van der Waals surface area contributed by atoms with Gasteiger partial charge in [-0.25, -0.2) is 0 Å². The Morgan fingerprint density at radius 2 is 1.81 bits per heavy atom. The number of carbonyl (C=O) groups is 2. The van der Waals surface area contributed by atoms with E-state index >= 15 is 0 Å². The van der Waals surface area contributed by atoms with E-state index < -0.39 is 0 Å². The van der Waals surface area contributed by atoms with E-state index in [-0.39, 0.29) is 17.7 Å². The molecule has 2 aromatic carbocycles. The van der Waals surface area contributed by atoms with E-state index in [2.05, 4.69) is 10.2 Å². The van der Waals surface area contributed by atoms with Crippen LogP contribution < -0.4 is 5.32 Å². The molecular formula is C20H21ClN2O3. The maximum atomic E-state index is 12.8.